The number of rotatable bonds is 6. The van der Waals surface area contributed by atoms with Crippen LogP contribution in [0.15, 0.2) is 36.9 Å². The Bertz CT molecular complexity index is 591. The molecule has 0 aliphatic heterocycles. The van der Waals surface area contributed by atoms with Crippen LogP contribution in [0.4, 0.5) is 5.69 Å². The van der Waals surface area contributed by atoms with Crippen molar-refractivity contribution in [2.75, 3.05) is 18.9 Å². The largest absolute Gasteiger partial charge is 0.349 e. The van der Waals surface area contributed by atoms with E-state index in [1.165, 1.54) is 11.9 Å². The Hall–Kier alpha value is -2.63. The van der Waals surface area contributed by atoms with E-state index in [0.29, 0.717) is 17.3 Å². The third-order valence-corrected chi connectivity index (χ3v) is 3.28. The molecule has 1 aromatic rings. The normalized spacial score (nSPS) is 13.1. The van der Waals surface area contributed by atoms with Crippen LogP contribution in [0.5, 0.6) is 0 Å². The summed E-state index contributed by atoms with van der Waals surface area (Å²) in [5.41, 5.74) is 1.14. The van der Waals surface area contributed by atoms with Gasteiger partial charge in [-0.15, -0.1) is 0 Å². The van der Waals surface area contributed by atoms with Gasteiger partial charge in [-0.1, -0.05) is 6.58 Å². The number of nitrogens with zero attached hydrogens (tertiary/aromatic N) is 1. The highest BCUT2D eigenvalue weighted by molar-refractivity contribution is 5.98. The van der Waals surface area contributed by atoms with Gasteiger partial charge in [0.05, 0.1) is 6.54 Å². The summed E-state index contributed by atoms with van der Waals surface area (Å²) in [6.45, 7) is 3.30. The zero-order chi connectivity index (χ0) is 16.1. The highest BCUT2D eigenvalue weighted by Crippen LogP contribution is 2.19. The molecule has 6 nitrogen and oxygen atoms in total. The molecule has 0 heterocycles. The summed E-state index contributed by atoms with van der Waals surface area (Å²) in [6, 6.07) is 6.95. The quantitative estimate of drug-likeness (QED) is 0.774. The maximum atomic E-state index is 11.8. The first-order chi connectivity index (χ1) is 10.5. The molecule has 2 rings (SSSR count). The fourth-order valence-electron chi connectivity index (χ4n) is 1.85. The number of carbonyl (C=O) groups is 3. The molecule has 0 aromatic heterocycles. The summed E-state index contributed by atoms with van der Waals surface area (Å²) >= 11 is 0. The van der Waals surface area contributed by atoms with Crippen molar-refractivity contribution in [1.29, 1.82) is 0 Å². The maximum absolute atomic E-state index is 11.8. The van der Waals surface area contributed by atoms with E-state index in [-0.39, 0.29) is 24.3 Å². The first-order valence-corrected chi connectivity index (χ1v) is 7.08. The van der Waals surface area contributed by atoms with Gasteiger partial charge in [0, 0.05) is 24.3 Å². The van der Waals surface area contributed by atoms with E-state index >= 15 is 0 Å². The Kier molecular flexibility index (Phi) is 4.93. The van der Waals surface area contributed by atoms with Crippen LogP contribution < -0.4 is 10.6 Å². The second-order valence-corrected chi connectivity index (χ2v) is 5.27. The molecule has 1 aromatic carbocycles. The van der Waals surface area contributed by atoms with Gasteiger partial charge >= 0.3 is 0 Å². The topological polar surface area (TPSA) is 78.5 Å². The number of hydrogen-bond acceptors (Lipinski definition) is 3. The zero-order valence-corrected chi connectivity index (χ0v) is 12.5. The number of amides is 3. The summed E-state index contributed by atoms with van der Waals surface area (Å²) in [7, 11) is 1.52. The molecule has 0 saturated heterocycles. The van der Waals surface area contributed by atoms with Gasteiger partial charge in [0.1, 0.15) is 0 Å². The molecule has 1 aliphatic carbocycles. The minimum Gasteiger partial charge on any atom is -0.349 e. The van der Waals surface area contributed by atoms with Gasteiger partial charge in [0.25, 0.3) is 5.91 Å². The van der Waals surface area contributed by atoms with E-state index in [4.69, 9.17) is 0 Å². The van der Waals surface area contributed by atoms with Crippen LogP contribution in [0.1, 0.15) is 23.2 Å². The van der Waals surface area contributed by atoms with Crippen molar-refractivity contribution in [3.05, 3.63) is 42.5 Å². The second kappa shape index (κ2) is 6.89. The van der Waals surface area contributed by atoms with Crippen molar-refractivity contribution < 1.29 is 14.4 Å². The van der Waals surface area contributed by atoms with Gasteiger partial charge in [-0.2, -0.15) is 0 Å². The van der Waals surface area contributed by atoms with Crippen LogP contribution in [0.25, 0.3) is 0 Å². The third-order valence-electron chi connectivity index (χ3n) is 3.28. The van der Waals surface area contributed by atoms with Crippen LogP contribution >= 0.6 is 0 Å². The van der Waals surface area contributed by atoms with Gasteiger partial charge in [-0.3, -0.25) is 14.4 Å². The summed E-state index contributed by atoms with van der Waals surface area (Å²) in [5, 5.41) is 5.57. The average molecular weight is 301 g/mol. The molecular formula is C16H19N3O3. The van der Waals surface area contributed by atoms with Crippen molar-refractivity contribution in [3.63, 3.8) is 0 Å². The lowest BCUT2D eigenvalue weighted by molar-refractivity contribution is -0.129. The van der Waals surface area contributed by atoms with E-state index < -0.39 is 0 Å². The first-order valence-electron chi connectivity index (χ1n) is 7.08. The van der Waals surface area contributed by atoms with Gasteiger partial charge in [-0.05, 0) is 43.2 Å². The molecule has 1 saturated carbocycles. The number of hydrogen-bond donors (Lipinski definition) is 2. The van der Waals surface area contributed by atoms with Gasteiger partial charge in [0.15, 0.2) is 0 Å². The van der Waals surface area contributed by atoms with Crippen LogP contribution in [-0.2, 0) is 9.59 Å². The fourth-order valence-corrected chi connectivity index (χ4v) is 1.85. The molecule has 6 heteroatoms. The van der Waals surface area contributed by atoms with Gasteiger partial charge in [-0.25, -0.2) is 0 Å². The van der Waals surface area contributed by atoms with Crippen molar-refractivity contribution in [1.82, 2.24) is 10.2 Å². The Labute approximate surface area is 129 Å². The zero-order valence-electron chi connectivity index (χ0n) is 12.5. The molecule has 3 amide bonds. The van der Waals surface area contributed by atoms with Crippen LogP contribution in [0.3, 0.4) is 0 Å². The molecular weight excluding hydrogens is 282 g/mol. The van der Waals surface area contributed by atoms with E-state index in [1.54, 1.807) is 24.3 Å². The predicted molar refractivity (Wildman–Crippen MR) is 83.4 cm³/mol. The number of likely N-dealkylation sites (N-methyl/N-ethyl adjacent to an activating group) is 1. The molecule has 22 heavy (non-hydrogen) atoms. The molecule has 0 atom stereocenters. The molecule has 0 radical (unpaired) electrons. The van der Waals surface area contributed by atoms with Gasteiger partial charge < -0.3 is 15.5 Å². The van der Waals surface area contributed by atoms with Crippen LogP contribution in [0, 0.1) is 0 Å². The number of anilines is 1. The fraction of sp³-hybridized carbons (Fsp3) is 0.312. The highest BCUT2D eigenvalue weighted by atomic mass is 16.2. The third kappa shape index (κ3) is 4.44. The van der Waals surface area contributed by atoms with Crippen LogP contribution in [-0.4, -0.2) is 42.3 Å². The lowest BCUT2D eigenvalue weighted by atomic mass is 10.2. The molecule has 0 bridgehead atoms. The van der Waals surface area contributed by atoms with Gasteiger partial charge in [0.2, 0.25) is 11.8 Å². The van der Waals surface area contributed by atoms with E-state index in [0.717, 1.165) is 18.9 Å². The van der Waals surface area contributed by atoms with Crippen molar-refractivity contribution >= 4 is 23.4 Å². The lowest BCUT2D eigenvalue weighted by Crippen LogP contribution is -2.33. The molecule has 2 N–H and O–H groups in total. The van der Waals surface area contributed by atoms with E-state index in [1.807, 2.05) is 0 Å². The molecule has 0 spiro atoms. The van der Waals surface area contributed by atoms with Crippen molar-refractivity contribution in [3.8, 4) is 0 Å². The molecule has 0 unspecified atom stereocenters. The summed E-state index contributed by atoms with van der Waals surface area (Å²) in [5.74, 6) is -0.730. The summed E-state index contributed by atoms with van der Waals surface area (Å²) in [6.07, 6.45) is 3.23. The Morgan fingerprint density at radius 3 is 2.45 bits per heavy atom. The molecule has 1 aliphatic rings. The lowest BCUT2D eigenvalue weighted by Gasteiger charge is -2.14. The Balaban J connectivity index is 1.87. The van der Waals surface area contributed by atoms with Crippen molar-refractivity contribution in [2.24, 2.45) is 0 Å². The molecule has 1 fully saturated rings. The maximum Gasteiger partial charge on any atom is 0.251 e. The predicted octanol–water partition coefficient (Wildman–Crippen LogP) is 1.16. The summed E-state index contributed by atoms with van der Waals surface area (Å²) < 4.78 is 0. The number of benzene rings is 1. The second-order valence-electron chi connectivity index (χ2n) is 5.27. The van der Waals surface area contributed by atoms with E-state index in [2.05, 4.69) is 17.2 Å². The minimum absolute atomic E-state index is 0.0607. The Morgan fingerprint density at radius 2 is 1.91 bits per heavy atom. The average Bonchev–Trinajstić information content (AvgIpc) is 3.30. The minimum atomic E-state index is -0.317. The number of carbonyl (C=O) groups excluding carboxylic acids is 3. The monoisotopic (exact) mass is 301 g/mol. The van der Waals surface area contributed by atoms with Crippen molar-refractivity contribution in [2.45, 2.75) is 18.9 Å². The smallest absolute Gasteiger partial charge is 0.251 e. The highest BCUT2D eigenvalue weighted by Gasteiger charge is 2.23. The first kappa shape index (κ1) is 15.8. The van der Waals surface area contributed by atoms with Crippen LogP contribution in [0.2, 0.25) is 0 Å². The SMILES string of the molecule is C=CC(=O)N(C)CC(=O)Nc1ccc(C(=O)NC2CC2)cc1. The number of nitrogens with one attached hydrogen (secondary N) is 2. The summed E-state index contributed by atoms with van der Waals surface area (Å²) in [4.78, 5) is 36.2. The Morgan fingerprint density at radius 1 is 1.27 bits per heavy atom. The standard InChI is InChI=1S/C16H19N3O3/c1-3-15(21)19(2)10-14(20)17-12-6-4-11(5-7-12)16(22)18-13-8-9-13/h3-7,13H,1,8-10H2,2H3,(H,17,20)(H,18,22). The molecule has 116 valence electrons. The van der Waals surface area contributed by atoms with E-state index in [9.17, 15) is 14.4 Å².